The summed E-state index contributed by atoms with van der Waals surface area (Å²) in [5, 5.41) is 18.4. The van der Waals surface area contributed by atoms with Crippen LogP contribution >= 0.6 is 0 Å². The van der Waals surface area contributed by atoms with Crippen molar-refractivity contribution in [1.82, 2.24) is 25.7 Å². The third-order valence-electron chi connectivity index (χ3n) is 2.34. The third kappa shape index (κ3) is 4.79. The zero-order valence-corrected chi connectivity index (χ0v) is 12.2. The van der Waals surface area contributed by atoms with Gasteiger partial charge in [-0.15, -0.1) is 20.4 Å². The van der Waals surface area contributed by atoms with Crippen LogP contribution in [-0.2, 0) is 11.3 Å². The molecule has 0 saturated carbocycles. The molecule has 1 aromatic carbocycles. The first-order valence-corrected chi connectivity index (χ1v) is 6.52. The average Bonchev–Trinajstić information content (AvgIpc) is 2.45. The first-order valence-electron chi connectivity index (χ1n) is 6.52. The highest BCUT2D eigenvalue weighted by Gasteiger charge is 2.16. The van der Waals surface area contributed by atoms with Crippen molar-refractivity contribution in [3.63, 3.8) is 0 Å². The number of aromatic nitrogens is 4. The molecule has 0 aliphatic rings. The maximum Gasteiger partial charge on any atom is 0.408 e. The summed E-state index contributed by atoms with van der Waals surface area (Å²) < 4.78 is 5.11. The van der Waals surface area contributed by atoms with Crippen LogP contribution in [0.1, 0.15) is 26.6 Å². The Morgan fingerprint density at radius 2 is 1.71 bits per heavy atom. The van der Waals surface area contributed by atoms with E-state index in [1.807, 2.05) is 30.3 Å². The number of nitrogens with zero attached hydrogens (tertiary/aromatic N) is 4. The molecule has 0 radical (unpaired) electrons. The van der Waals surface area contributed by atoms with Crippen LogP contribution in [0.3, 0.4) is 0 Å². The van der Waals surface area contributed by atoms with Crippen LogP contribution in [0, 0.1) is 0 Å². The van der Waals surface area contributed by atoms with Gasteiger partial charge < -0.3 is 10.1 Å². The average molecular weight is 287 g/mol. The monoisotopic (exact) mass is 287 g/mol. The number of carbonyl (C=O) groups is 1. The molecule has 0 aliphatic heterocycles. The van der Waals surface area contributed by atoms with Crippen molar-refractivity contribution in [2.24, 2.45) is 0 Å². The summed E-state index contributed by atoms with van der Waals surface area (Å²) in [7, 11) is 0. The zero-order valence-electron chi connectivity index (χ0n) is 12.2. The van der Waals surface area contributed by atoms with E-state index in [1.54, 1.807) is 20.8 Å². The molecule has 0 bridgehead atoms. The van der Waals surface area contributed by atoms with Crippen molar-refractivity contribution in [3.8, 4) is 11.4 Å². The Balaban J connectivity index is 1.93. The van der Waals surface area contributed by atoms with E-state index in [1.165, 1.54) is 0 Å². The Hall–Kier alpha value is -2.57. The number of amides is 1. The summed E-state index contributed by atoms with van der Waals surface area (Å²) in [6.07, 6.45) is -0.529. The normalized spacial score (nSPS) is 11.0. The molecule has 7 nitrogen and oxygen atoms in total. The Morgan fingerprint density at radius 3 is 2.29 bits per heavy atom. The quantitative estimate of drug-likeness (QED) is 0.928. The number of hydrogen-bond acceptors (Lipinski definition) is 6. The lowest BCUT2D eigenvalue weighted by atomic mass is 10.2. The van der Waals surface area contributed by atoms with Gasteiger partial charge in [-0.05, 0) is 20.8 Å². The summed E-state index contributed by atoms with van der Waals surface area (Å²) in [6, 6.07) is 9.42. The van der Waals surface area contributed by atoms with Crippen LogP contribution < -0.4 is 5.32 Å². The Labute approximate surface area is 122 Å². The van der Waals surface area contributed by atoms with E-state index >= 15 is 0 Å². The van der Waals surface area contributed by atoms with Gasteiger partial charge in [-0.3, -0.25) is 0 Å². The van der Waals surface area contributed by atoms with Gasteiger partial charge in [0.25, 0.3) is 0 Å². The van der Waals surface area contributed by atoms with Crippen LogP contribution in [0.4, 0.5) is 4.79 Å². The second-order valence-electron chi connectivity index (χ2n) is 5.36. The SMILES string of the molecule is CC(C)(C)OC(=O)NCc1nnc(-c2ccccc2)nn1. The molecule has 110 valence electrons. The van der Waals surface area contributed by atoms with E-state index in [0.717, 1.165) is 5.56 Å². The van der Waals surface area contributed by atoms with E-state index in [2.05, 4.69) is 25.7 Å². The van der Waals surface area contributed by atoms with Gasteiger partial charge in [0.2, 0.25) is 5.82 Å². The highest BCUT2D eigenvalue weighted by atomic mass is 16.6. The molecule has 1 amide bonds. The molecule has 0 saturated heterocycles. The smallest absolute Gasteiger partial charge is 0.408 e. The van der Waals surface area contributed by atoms with Crippen LogP contribution in [0.5, 0.6) is 0 Å². The summed E-state index contributed by atoms with van der Waals surface area (Å²) in [6.45, 7) is 5.49. The van der Waals surface area contributed by atoms with Crippen molar-refractivity contribution in [2.75, 3.05) is 0 Å². The fraction of sp³-hybridized carbons (Fsp3) is 0.357. The van der Waals surface area contributed by atoms with Crippen LogP contribution in [0.15, 0.2) is 30.3 Å². The van der Waals surface area contributed by atoms with Crippen molar-refractivity contribution in [3.05, 3.63) is 36.2 Å². The predicted octanol–water partition coefficient (Wildman–Crippen LogP) is 1.96. The van der Waals surface area contributed by atoms with Gasteiger partial charge in [-0.25, -0.2) is 4.79 Å². The van der Waals surface area contributed by atoms with E-state index in [-0.39, 0.29) is 6.54 Å². The zero-order chi connectivity index (χ0) is 15.3. The molecule has 0 aliphatic carbocycles. The second-order valence-corrected chi connectivity index (χ2v) is 5.36. The number of alkyl carbamates (subject to hydrolysis) is 1. The van der Waals surface area contributed by atoms with Gasteiger partial charge in [0.1, 0.15) is 5.60 Å². The molecule has 1 N–H and O–H groups in total. The molecule has 2 rings (SSSR count). The molecular weight excluding hydrogens is 270 g/mol. The predicted molar refractivity (Wildman–Crippen MR) is 76.1 cm³/mol. The molecule has 1 heterocycles. The number of rotatable bonds is 3. The van der Waals surface area contributed by atoms with Crippen molar-refractivity contribution in [1.29, 1.82) is 0 Å². The van der Waals surface area contributed by atoms with Gasteiger partial charge in [0.15, 0.2) is 5.82 Å². The fourth-order valence-corrected chi connectivity index (χ4v) is 1.49. The van der Waals surface area contributed by atoms with Gasteiger partial charge in [0, 0.05) is 5.56 Å². The molecule has 7 heteroatoms. The Bertz CT molecular complexity index is 593. The standard InChI is InChI=1S/C14H17N5O2/c1-14(2,3)21-13(20)15-9-11-16-18-12(19-17-11)10-7-5-4-6-8-10/h4-8H,9H2,1-3H3,(H,15,20). The lowest BCUT2D eigenvalue weighted by Crippen LogP contribution is -2.32. The molecule has 0 fully saturated rings. The number of nitrogens with one attached hydrogen (secondary N) is 1. The van der Waals surface area contributed by atoms with Gasteiger partial charge in [-0.2, -0.15) is 0 Å². The minimum atomic E-state index is -0.543. The fourth-order valence-electron chi connectivity index (χ4n) is 1.49. The number of ether oxygens (including phenoxy) is 1. The van der Waals surface area contributed by atoms with Crippen molar-refractivity contribution < 1.29 is 9.53 Å². The lowest BCUT2D eigenvalue weighted by Gasteiger charge is -2.19. The summed E-state index contributed by atoms with van der Waals surface area (Å²) in [4.78, 5) is 11.5. The van der Waals surface area contributed by atoms with E-state index in [0.29, 0.717) is 11.6 Å². The van der Waals surface area contributed by atoms with Gasteiger partial charge >= 0.3 is 6.09 Å². The number of hydrogen-bond donors (Lipinski definition) is 1. The third-order valence-corrected chi connectivity index (χ3v) is 2.34. The van der Waals surface area contributed by atoms with E-state index in [4.69, 9.17) is 4.74 Å². The van der Waals surface area contributed by atoms with Crippen LogP contribution in [0.2, 0.25) is 0 Å². The van der Waals surface area contributed by atoms with E-state index in [9.17, 15) is 4.79 Å². The van der Waals surface area contributed by atoms with Crippen molar-refractivity contribution >= 4 is 6.09 Å². The Morgan fingerprint density at radius 1 is 1.10 bits per heavy atom. The summed E-state index contributed by atoms with van der Waals surface area (Å²) in [5.74, 6) is 0.761. The largest absolute Gasteiger partial charge is 0.444 e. The van der Waals surface area contributed by atoms with Gasteiger partial charge in [0.05, 0.1) is 6.54 Å². The van der Waals surface area contributed by atoms with Crippen molar-refractivity contribution in [2.45, 2.75) is 32.9 Å². The summed E-state index contributed by atoms with van der Waals surface area (Å²) in [5.41, 5.74) is 0.294. The minimum Gasteiger partial charge on any atom is -0.444 e. The maximum atomic E-state index is 11.5. The van der Waals surface area contributed by atoms with Crippen LogP contribution in [0.25, 0.3) is 11.4 Å². The van der Waals surface area contributed by atoms with Crippen LogP contribution in [-0.4, -0.2) is 32.1 Å². The molecule has 0 atom stereocenters. The number of carbonyl (C=O) groups excluding carboxylic acids is 1. The summed E-state index contributed by atoms with van der Waals surface area (Å²) >= 11 is 0. The second kappa shape index (κ2) is 6.25. The molecule has 0 spiro atoms. The molecule has 21 heavy (non-hydrogen) atoms. The number of benzene rings is 1. The Kier molecular flexibility index (Phi) is 4.42. The molecular formula is C14H17N5O2. The first-order chi connectivity index (χ1) is 9.94. The highest BCUT2D eigenvalue weighted by molar-refractivity contribution is 5.67. The topological polar surface area (TPSA) is 89.9 Å². The molecule has 2 aromatic rings. The maximum absolute atomic E-state index is 11.5. The minimum absolute atomic E-state index is 0.115. The molecule has 1 aromatic heterocycles. The van der Waals surface area contributed by atoms with Gasteiger partial charge in [-0.1, -0.05) is 30.3 Å². The lowest BCUT2D eigenvalue weighted by molar-refractivity contribution is 0.0522. The first kappa shape index (κ1) is 14.8. The molecule has 0 unspecified atom stereocenters. The van der Waals surface area contributed by atoms with E-state index < -0.39 is 11.7 Å². The highest BCUT2D eigenvalue weighted by Crippen LogP contribution is 2.11.